The third-order valence-corrected chi connectivity index (χ3v) is 1.88. The molecule has 0 aliphatic heterocycles. The summed E-state index contributed by atoms with van der Waals surface area (Å²) in [4.78, 5) is 0. The maximum atomic E-state index is 12.0. The second kappa shape index (κ2) is 7.57. The van der Waals surface area contributed by atoms with Crippen LogP contribution in [0.1, 0.15) is 19.5 Å². The van der Waals surface area contributed by atoms with Crippen molar-refractivity contribution in [2.45, 2.75) is 33.4 Å². The van der Waals surface area contributed by atoms with Gasteiger partial charge in [0.05, 0.1) is 5.69 Å². The van der Waals surface area contributed by atoms with Gasteiger partial charge in [-0.2, -0.15) is 5.10 Å². The van der Waals surface area contributed by atoms with E-state index in [1.807, 2.05) is 0 Å². The molecule has 6 heteroatoms. The number of rotatable bonds is 6. The van der Waals surface area contributed by atoms with Gasteiger partial charge in [0.15, 0.2) is 0 Å². The quantitative estimate of drug-likeness (QED) is 0.843. The second-order valence-corrected chi connectivity index (χ2v) is 3.94. The summed E-state index contributed by atoms with van der Waals surface area (Å²) in [7, 11) is 0. The molecule has 0 bridgehead atoms. The molecule has 1 heterocycles. The van der Waals surface area contributed by atoms with Crippen molar-refractivity contribution in [2.24, 2.45) is 5.92 Å². The van der Waals surface area contributed by atoms with E-state index in [9.17, 15) is 8.78 Å². The van der Waals surface area contributed by atoms with E-state index < -0.39 is 6.43 Å². The summed E-state index contributed by atoms with van der Waals surface area (Å²) in [6, 6.07) is 1.76. The Kier molecular flexibility index (Phi) is 7.25. The lowest BCUT2D eigenvalue weighted by Crippen LogP contribution is -2.19. The highest BCUT2D eigenvalue weighted by molar-refractivity contribution is 5.85. The van der Waals surface area contributed by atoms with E-state index in [1.165, 1.54) is 4.68 Å². The van der Waals surface area contributed by atoms with Crippen molar-refractivity contribution >= 4 is 12.4 Å². The van der Waals surface area contributed by atoms with E-state index in [1.54, 1.807) is 12.3 Å². The van der Waals surface area contributed by atoms with Gasteiger partial charge in [-0.05, 0) is 18.5 Å². The van der Waals surface area contributed by atoms with Crippen LogP contribution in [0.4, 0.5) is 8.78 Å². The number of nitrogens with zero attached hydrogens (tertiary/aromatic N) is 2. The first kappa shape index (κ1) is 15.3. The number of hydrogen-bond acceptors (Lipinski definition) is 2. The summed E-state index contributed by atoms with van der Waals surface area (Å²) >= 11 is 0. The second-order valence-electron chi connectivity index (χ2n) is 3.94. The average Bonchev–Trinajstić information content (AvgIpc) is 2.50. The van der Waals surface area contributed by atoms with Crippen LogP contribution >= 0.6 is 12.4 Å². The van der Waals surface area contributed by atoms with Crippen LogP contribution in [0.5, 0.6) is 0 Å². The minimum Gasteiger partial charge on any atom is -0.311 e. The van der Waals surface area contributed by atoms with Gasteiger partial charge in [-0.25, -0.2) is 8.78 Å². The van der Waals surface area contributed by atoms with Gasteiger partial charge in [-0.15, -0.1) is 12.4 Å². The van der Waals surface area contributed by atoms with Crippen molar-refractivity contribution in [1.29, 1.82) is 0 Å². The molecule has 0 aromatic carbocycles. The Labute approximate surface area is 101 Å². The van der Waals surface area contributed by atoms with E-state index >= 15 is 0 Å². The highest BCUT2D eigenvalue weighted by Crippen LogP contribution is 2.00. The summed E-state index contributed by atoms with van der Waals surface area (Å²) in [6.45, 7) is 5.44. The molecule has 0 amide bonds. The predicted molar refractivity (Wildman–Crippen MR) is 62.0 cm³/mol. The summed E-state index contributed by atoms with van der Waals surface area (Å²) in [6.07, 6.45) is -0.764. The molecule has 94 valence electrons. The summed E-state index contributed by atoms with van der Waals surface area (Å²) in [5.41, 5.74) is 0.802. The monoisotopic (exact) mass is 253 g/mol. The zero-order valence-corrected chi connectivity index (χ0v) is 10.3. The smallest absolute Gasteiger partial charge is 0.257 e. The number of hydrogen-bond donors (Lipinski definition) is 1. The molecule has 1 N–H and O–H groups in total. The van der Waals surface area contributed by atoms with Gasteiger partial charge in [0.25, 0.3) is 6.43 Å². The molecule has 0 saturated heterocycles. The minimum absolute atomic E-state index is 0. The highest BCUT2D eigenvalue weighted by Gasteiger charge is 2.05. The van der Waals surface area contributed by atoms with Gasteiger partial charge in [0.1, 0.15) is 6.54 Å². The zero-order valence-electron chi connectivity index (χ0n) is 9.49. The van der Waals surface area contributed by atoms with Gasteiger partial charge in [0.2, 0.25) is 0 Å². The third-order valence-electron chi connectivity index (χ3n) is 1.88. The molecular formula is C10H18ClF2N3. The standard InChI is InChI=1S/C10H17F2N3.ClH/c1-8(2)5-13-6-9-3-4-15(14-9)7-10(11)12;/h3-4,8,10,13H,5-7H2,1-2H3;1H. The fraction of sp³-hybridized carbons (Fsp3) is 0.700. The van der Waals surface area contributed by atoms with Crippen LogP contribution in [0.15, 0.2) is 12.3 Å². The van der Waals surface area contributed by atoms with E-state index in [4.69, 9.17) is 0 Å². The van der Waals surface area contributed by atoms with E-state index in [0.29, 0.717) is 12.5 Å². The van der Waals surface area contributed by atoms with Crippen LogP contribution in [0, 0.1) is 5.92 Å². The Bertz CT molecular complexity index is 289. The van der Waals surface area contributed by atoms with Gasteiger partial charge in [-0.1, -0.05) is 13.8 Å². The van der Waals surface area contributed by atoms with Crippen LogP contribution in [-0.4, -0.2) is 22.8 Å². The molecule has 1 aromatic heterocycles. The fourth-order valence-electron chi connectivity index (χ4n) is 1.23. The first-order chi connectivity index (χ1) is 7.08. The Morgan fingerprint density at radius 2 is 2.12 bits per heavy atom. The average molecular weight is 254 g/mol. The van der Waals surface area contributed by atoms with Gasteiger partial charge in [0, 0.05) is 12.7 Å². The van der Waals surface area contributed by atoms with Crippen molar-refractivity contribution in [1.82, 2.24) is 15.1 Å². The fourth-order valence-corrected chi connectivity index (χ4v) is 1.23. The van der Waals surface area contributed by atoms with E-state index in [2.05, 4.69) is 24.3 Å². The van der Waals surface area contributed by atoms with Crippen LogP contribution < -0.4 is 5.32 Å². The van der Waals surface area contributed by atoms with E-state index in [-0.39, 0.29) is 19.0 Å². The number of alkyl halides is 2. The van der Waals surface area contributed by atoms with Crippen molar-refractivity contribution in [3.63, 3.8) is 0 Å². The van der Waals surface area contributed by atoms with Crippen LogP contribution in [0.25, 0.3) is 0 Å². The van der Waals surface area contributed by atoms with Crippen LogP contribution in [0.2, 0.25) is 0 Å². The molecule has 0 unspecified atom stereocenters. The molecule has 3 nitrogen and oxygen atoms in total. The Morgan fingerprint density at radius 3 is 2.69 bits per heavy atom. The van der Waals surface area contributed by atoms with Crippen molar-refractivity contribution in [3.8, 4) is 0 Å². The lowest BCUT2D eigenvalue weighted by Gasteiger charge is -2.05. The normalized spacial score (nSPS) is 10.9. The molecule has 0 atom stereocenters. The highest BCUT2D eigenvalue weighted by atomic mass is 35.5. The summed E-state index contributed by atoms with van der Waals surface area (Å²) in [5.74, 6) is 0.577. The summed E-state index contributed by atoms with van der Waals surface area (Å²) < 4.78 is 25.3. The van der Waals surface area contributed by atoms with Gasteiger partial charge < -0.3 is 5.32 Å². The van der Waals surface area contributed by atoms with Crippen LogP contribution in [0.3, 0.4) is 0 Å². The largest absolute Gasteiger partial charge is 0.311 e. The molecule has 1 rings (SSSR count). The number of aromatic nitrogens is 2. The number of halogens is 3. The molecule has 16 heavy (non-hydrogen) atoms. The SMILES string of the molecule is CC(C)CNCc1ccn(CC(F)F)n1.Cl. The molecule has 1 aromatic rings. The zero-order chi connectivity index (χ0) is 11.3. The van der Waals surface area contributed by atoms with Gasteiger partial charge in [-0.3, -0.25) is 4.68 Å². The maximum absolute atomic E-state index is 12.0. The predicted octanol–water partition coefficient (Wildman–Crippen LogP) is 2.32. The lowest BCUT2D eigenvalue weighted by atomic mass is 10.2. The van der Waals surface area contributed by atoms with Crippen molar-refractivity contribution in [3.05, 3.63) is 18.0 Å². The number of nitrogens with one attached hydrogen (secondary N) is 1. The molecule has 0 aliphatic rings. The first-order valence-electron chi connectivity index (χ1n) is 5.09. The van der Waals surface area contributed by atoms with E-state index in [0.717, 1.165) is 12.2 Å². The molecule has 0 radical (unpaired) electrons. The summed E-state index contributed by atoms with van der Waals surface area (Å²) in [5, 5.41) is 7.23. The topological polar surface area (TPSA) is 29.9 Å². The Hall–Kier alpha value is -0.680. The van der Waals surface area contributed by atoms with Crippen LogP contribution in [-0.2, 0) is 13.1 Å². The lowest BCUT2D eigenvalue weighted by molar-refractivity contribution is 0.121. The molecule has 0 fully saturated rings. The molecule has 0 aliphatic carbocycles. The molecule has 0 spiro atoms. The third kappa shape index (κ3) is 6.02. The molecule has 0 saturated carbocycles. The van der Waals surface area contributed by atoms with Gasteiger partial charge >= 0.3 is 0 Å². The maximum Gasteiger partial charge on any atom is 0.257 e. The first-order valence-corrected chi connectivity index (χ1v) is 5.09. The van der Waals surface area contributed by atoms with Crippen molar-refractivity contribution in [2.75, 3.05) is 6.54 Å². The van der Waals surface area contributed by atoms with Crippen molar-refractivity contribution < 1.29 is 8.78 Å². The Balaban J connectivity index is 0.00000225. The Morgan fingerprint density at radius 1 is 1.44 bits per heavy atom. The minimum atomic E-state index is -2.35. The molecular weight excluding hydrogens is 236 g/mol.